The first-order chi connectivity index (χ1) is 7.16. The number of Topliss-reactive ketones (excluding diaryl/α,β-unsaturated/α-hetero) is 1. The summed E-state index contributed by atoms with van der Waals surface area (Å²) < 4.78 is 9.97. The second-order valence-electron chi connectivity index (χ2n) is 3.17. The SMILES string of the molecule is C=CCOCCCCOC(=O)CC(C)=O. The van der Waals surface area contributed by atoms with Gasteiger partial charge < -0.3 is 9.47 Å². The van der Waals surface area contributed by atoms with E-state index >= 15 is 0 Å². The Bertz CT molecular complexity index is 211. The van der Waals surface area contributed by atoms with E-state index in [1.807, 2.05) is 0 Å². The molecule has 0 N–H and O–H groups in total. The van der Waals surface area contributed by atoms with Crippen LogP contribution in [0.4, 0.5) is 0 Å². The molecule has 0 aliphatic rings. The summed E-state index contributed by atoms with van der Waals surface area (Å²) in [5.74, 6) is -0.621. The maximum atomic E-state index is 10.9. The van der Waals surface area contributed by atoms with Crippen molar-refractivity contribution in [3.8, 4) is 0 Å². The molecule has 4 heteroatoms. The van der Waals surface area contributed by atoms with Gasteiger partial charge in [-0.25, -0.2) is 0 Å². The summed E-state index contributed by atoms with van der Waals surface area (Å²) in [6.07, 6.45) is 3.14. The quantitative estimate of drug-likeness (QED) is 0.252. The Balaban J connectivity index is 3.20. The molecular weight excluding hydrogens is 196 g/mol. The van der Waals surface area contributed by atoms with Gasteiger partial charge in [-0.3, -0.25) is 9.59 Å². The summed E-state index contributed by atoms with van der Waals surface area (Å²) >= 11 is 0. The fourth-order valence-electron chi connectivity index (χ4n) is 0.913. The van der Waals surface area contributed by atoms with Crippen LogP contribution < -0.4 is 0 Å². The van der Waals surface area contributed by atoms with Crippen LogP contribution in [0.2, 0.25) is 0 Å². The summed E-state index contributed by atoms with van der Waals surface area (Å²) in [5, 5.41) is 0. The largest absolute Gasteiger partial charge is 0.465 e. The first-order valence-corrected chi connectivity index (χ1v) is 5.00. The average Bonchev–Trinajstić information content (AvgIpc) is 2.15. The predicted molar refractivity (Wildman–Crippen MR) is 56.5 cm³/mol. The third-order valence-electron chi connectivity index (χ3n) is 1.58. The zero-order valence-electron chi connectivity index (χ0n) is 9.16. The topological polar surface area (TPSA) is 52.6 Å². The highest BCUT2D eigenvalue weighted by Crippen LogP contribution is 1.94. The summed E-state index contributed by atoms with van der Waals surface area (Å²) in [7, 11) is 0. The van der Waals surface area contributed by atoms with E-state index < -0.39 is 5.97 Å². The highest BCUT2D eigenvalue weighted by Gasteiger charge is 2.05. The Kier molecular flexibility index (Phi) is 8.67. The van der Waals surface area contributed by atoms with Gasteiger partial charge in [0.05, 0.1) is 13.2 Å². The Hall–Kier alpha value is -1.16. The molecule has 0 atom stereocenters. The fourth-order valence-corrected chi connectivity index (χ4v) is 0.913. The van der Waals surface area contributed by atoms with Crippen LogP contribution in [0, 0.1) is 0 Å². The molecule has 0 fully saturated rings. The molecule has 0 saturated heterocycles. The van der Waals surface area contributed by atoms with Crippen molar-refractivity contribution in [3.05, 3.63) is 12.7 Å². The minimum atomic E-state index is -0.450. The Morgan fingerprint density at radius 3 is 2.53 bits per heavy atom. The molecule has 0 aliphatic carbocycles. The lowest BCUT2D eigenvalue weighted by molar-refractivity contribution is -0.145. The lowest BCUT2D eigenvalue weighted by atomic mass is 10.3. The van der Waals surface area contributed by atoms with Gasteiger partial charge in [0.25, 0.3) is 0 Å². The minimum Gasteiger partial charge on any atom is -0.465 e. The zero-order chi connectivity index (χ0) is 11.5. The van der Waals surface area contributed by atoms with Gasteiger partial charge in [-0.05, 0) is 19.8 Å². The number of rotatable bonds is 9. The molecule has 0 saturated carbocycles. The van der Waals surface area contributed by atoms with Gasteiger partial charge in [0, 0.05) is 6.61 Å². The van der Waals surface area contributed by atoms with Gasteiger partial charge in [0.2, 0.25) is 0 Å². The van der Waals surface area contributed by atoms with Gasteiger partial charge in [-0.15, -0.1) is 6.58 Å². The molecule has 0 radical (unpaired) electrons. The normalized spacial score (nSPS) is 9.67. The summed E-state index contributed by atoms with van der Waals surface area (Å²) in [5.41, 5.74) is 0. The number of hydrogen-bond donors (Lipinski definition) is 0. The molecule has 0 spiro atoms. The van der Waals surface area contributed by atoms with E-state index in [4.69, 9.17) is 9.47 Å². The monoisotopic (exact) mass is 214 g/mol. The first kappa shape index (κ1) is 13.8. The maximum Gasteiger partial charge on any atom is 0.313 e. The van der Waals surface area contributed by atoms with Crippen LogP contribution in [0.1, 0.15) is 26.2 Å². The maximum absolute atomic E-state index is 10.9. The molecule has 4 nitrogen and oxygen atoms in total. The van der Waals surface area contributed by atoms with E-state index in [-0.39, 0.29) is 12.2 Å². The zero-order valence-corrected chi connectivity index (χ0v) is 9.16. The lowest BCUT2D eigenvalue weighted by Gasteiger charge is -2.03. The van der Waals surface area contributed by atoms with E-state index in [1.165, 1.54) is 6.92 Å². The van der Waals surface area contributed by atoms with Gasteiger partial charge >= 0.3 is 5.97 Å². The molecule has 0 aromatic carbocycles. The lowest BCUT2D eigenvalue weighted by Crippen LogP contribution is -2.10. The second-order valence-corrected chi connectivity index (χ2v) is 3.17. The van der Waals surface area contributed by atoms with E-state index in [9.17, 15) is 9.59 Å². The smallest absolute Gasteiger partial charge is 0.313 e. The number of carbonyl (C=O) groups is 2. The van der Waals surface area contributed by atoms with E-state index in [2.05, 4.69) is 6.58 Å². The van der Waals surface area contributed by atoms with Crippen LogP contribution in [0.5, 0.6) is 0 Å². The molecule has 0 bridgehead atoms. The highest BCUT2D eigenvalue weighted by atomic mass is 16.5. The third-order valence-corrected chi connectivity index (χ3v) is 1.58. The van der Waals surface area contributed by atoms with Crippen LogP contribution >= 0.6 is 0 Å². The number of unbranched alkanes of at least 4 members (excludes halogenated alkanes) is 1. The van der Waals surface area contributed by atoms with Crippen molar-refractivity contribution in [1.29, 1.82) is 0 Å². The van der Waals surface area contributed by atoms with Crippen molar-refractivity contribution in [2.75, 3.05) is 19.8 Å². The van der Waals surface area contributed by atoms with E-state index in [0.29, 0.717) is 19.8 Å². The van der Waals surface area contributed by atoms with Crippen molar-refractivity contribution < 1.29 is 19.1 Å². The molecule has 0 amide bonds. The van der Waals surface area contributed by atoms with Crippen LogP contribution in [-0.2, 0) is 19.1 Å². The van der Waals surface area contributed by atoms with Gasteiger partial charge in [0.1, 0.15) is 12.2 Å². The van der Waals surface area contributed by atoms with Crippen molar-refractivity contribution in [3.63, 3.8) is 0 Å². The second kappa shape index (κ2) is 9.40. The average molecular weight is 214 g/mol. The molecular formula is C11H18O4. The summed E-state index contributed by atoms with van der Waals surface area (Å²) in [4.78, 5) is 21.4. The van der Waals surface area contributed by atoms with Gasteiger partial charge in [0.15, 0.2) is 0 Å². The molecule has 0 aliphatic heterocycles. The van der Waals surface area contributed by atoms with E-state index in [1.54, 1.807) is 6.08 Å². The van der Waals surface area contributed by atoms with Gasteiger partial charge in [-0.2, -0.15) is 0 Å². The first-order valence-electron chi connectivity index (χ1n) is 5.00. The van der Waals surface area contributed by atoms with E-state index in [0.717, 1.165) is 12.8 Å². The summed E-state index contributed by atoms with van der Waals surface area (Å²) in [6, 6.07) is 0. The van der Waals surface area contributed by atoms with Crippen molar-refractivity contribution in [2.45, 2.75) is 26.2 Å². The van der Waals surface area contributed by atoms with Crippen molar-refractivity contribution in [2.24, 2.45) is 0 Å². The highest BCUT2D eigenvalue weighted by molar-refractivity contribution is 5.94. The predicted octanol–water partition coefficient (Wildman–Crippen LogP) is 1.49. The number of ketones is 1. The molecule has 0 heterocycles. The molecule has 86 valence electrons. The Morgan fingerprint density at radius 1 is 1.27 bits per heavy atom. The van der Waals surface area contributed by atoms with Crippen LogP contribution in [0.25, 0.3) is 0 Å². The number of esters is 1. The number of ether oxygens (including phenoxy) is 2. The molecule has 0 aromatic rings. The van der Waals surface area contributed by atoms with Crippen molar-refractivity contribution in [1.82, 2.24) is 0 Å². The summed E-state index contributed by atoms with van der Waals surface area (Å²) in [6.45, 7) is 6.42. The van der Waals surface area contributed by atoms with Crippen LogP contribution in [-0.4, -0.2) is 31.6 Å². The third kappa shape index (κ3) is 10.8. The minimum absolute atomic E-state index is 0.132. The fraction of sp³-hybridized carbons (Fsp3) is 0.636. The Labute approximate surface area is 90.2 Å². The van der Waals surface area contributed by atoms with Gasteiger partial charge in [-0.1, -0.05) is 6.08 Å². The van der Waals surface area contributed by atoms with Crippen LogP contribution in [0.15, 0.2) is 12.7 Å². The number of hydrogen-bond acceptors (Lipinski definition) is 4. The molecule has 0 rings (SSSR count). The Morgan fingerprint density at radius 2 is 1.93 bits per heavy atom. The van der Waals surface area contributed by atoms with Crippen LogP contribution in [0.3, 0.4) is 0 Å². The molecule has 15 heavy (non-hydrogen) atoms. The number of carbonyl (C=O) groups excluding carboxylic acids is 2. The van der Waals surface area contributed by atoms with Crippen molar-refractivity contribution >= 4 is 11.8 Å². The standard InChI is InChI=1S/C11H18O4/c1-3-6-14-7-4-5-8-15-11(13)9-10(2)12/h3H,1,4-9H2,2H3. The molecule has 0 unspecified atom stereocenters. The molecule has 0 aromatic heterocycles.